The molecule has 0 amide bonds. The normalized spacial score (nSPS) is 30.5. The van der Waals surface area contributed by atoms with Crippen molar-refractivity contribution in [3.63, 3.8) is 0 Å². The van der Waals surface area contributed by atoms with Gasteiger partial charge in [0.05, 0.1) is 7.59 Å². The molecule has 1 aliphatic heterocycles. The fraction of sp³-hybridized carbons (Fsp3) is 0.500. The van der Waals surface area contributed by atoms with Gasteiger partial charge < -0.3 is 9.26 Å². The molecule has 60 valence electrons. The van der Waals surface area contributed by atoms with Crippen LogP contribution in [-0.4, -0.2) is 27.9 Å². The molecular weight excluding hydrogens is 188 g/mol. The number of hydrogen-bond acceptors (Lipinski definition) is 2. The van der Waals surface area contributed by atoms with Gasteiger partial charge in [0.15, 0.2) is 12.1 Å². The van der Waals surface area contributed by atoms with Crippen LogP contribution in [0.3, 0.4) is 0 Å². The summed E-state index contributed by atoms with van der Waals surface area (Å²) < 4.78 is 11.2. The highest BCUT2D eigenvalue weighted by molar-refractivity contribution is 7.95. The van der Waals surface area contributed by atoms with Crippen molar-refractivity contribution in [2.24, 2.45) is 0 Å². The molecule has 1 aliphatic rings. The maximum atomic E-state index is 11.2. The minimum atomic E-state index is -1.91. The van der Waals surface area contributed by atoms with E-state index in [2.05, 4.69) is 19.7 Å². The lowest BCUT2D eigenvalue weighted by Crippen LogP contribution is -2.48. The summed E-state index contributed by atoms with van der Waals surface area (Å²) in [6.45, 7) is 9.89. The molecule has 0 spiro atoms. The van der Waals surface area contributed by atoms with Crippen molar-refractivity contribution in [1.29, 1.82) is 0 Å². The first kappa shape index (κ1) is 8.95. The third kappa shape index (κ3) is 0.911. The van der Waals surface area contributed by atoms with Gasteiger partial charge in [0.2, 0.25) is 0 Å². The van der Waals surface area contributed by atoms with Crippen LogP contribution in [0.5, 0.6) is 0 Å². The first-order valence-corrected chi connectivity index (χ1v) is 12.6. The molecule has 1 heterocycles. The zero-order valence-electron chi connectivity index (χ0n) is 7.10. The van der Waals surface area contributed by atoms with E-state index in [1.807, 2.05) is 12.2 Å². The summed E-state index contributed by atoms with van der Waals surface area (Å²) in [5.41, 5.74) is 1.91. The van der Waals surface area contributed by atoms with E-state index in [1.165, 1.54) is 0 Å². The fourth-order valence-electron chi connectivity index (χ4n) is 1.11. The van der Waals surface area contributed by atoms with Crippen molar-refractivity contribution < 1.29 is 9.26 Å². The second kappa shape index (κ2) is 2.18. The number of hydrogen-bond donors (Lipinski definition) is 0. The Balaban J connectivity index is 3.03. The third-order valence-corrected chi connectivity index (χ3v) is 31.3. The lowest BCUT2D eigenvalue weighted by Gasteiger charge is -2.19. The predicted molar refractivity (Wildman–Crippen MR) is 51.1 cm³/mol. The zero-order chi connectivity index (χ0) is 8.86. The van der Waals surface area contributed by atoms with Crippen LogP contribution in [0.1, 0.15) is 0 Å². The second-order valence-corrected chi connectivity index (χ2v) is 24.6. The standard InChI is InChI=1S/C6H12O2Si3/c1-5-10(2,3)11(4)6(7)9(11)8/h5H,1H2,2-4H3. The highest BCUT2D eigenvalue weighted by atomic mass is 29.7. The molecule has 1 saturated heterocycles. The summed E-state index contributed by atoms with van der Waals surface area (Å²) in [5.74, 6) is 0. The molecule has 1 atom stereocenters. The number of rotatable bonds is 2. The molecule has 11 heavy (non-hydrogen) atoms. The van der Waals surface area contributed by atoms with Gasteiger partial charge in [-0.15, -0.1) is 12.3 Å². The first-order chi connectivity index (χ1) is 4.88. The van der Waals surface area contributed by atoms with Crippen LogP contribution in [0, 0.1) is 0 Å². The summed E-state index contributed by atoms with van der Waals surface area (Å²) in [5, 5.41) is 0.124. The van der Waals surface area contributed by atoms with E-state index in [0.717, 1.165) is 0 Å². The molecule has 0 radical (unpaired) electrons. The molecule has 1 rings (SSSR count). The molecular formula is C6H12O2Si3. The molecule has 0 saturated carbocycles. The topological polar surface area (TPSA) is 34.1 Å². The Morgan fingerprint density at radius 2 is 2.00 bits per heavy atom. The Hall–Kier alpha value is -0.139. The van der Waals surface area contributed by atoms with Gasteiger partial charge in [-0.3, -0.25) is 0 Å². The minimum Gasteiger partial charge on any atom is -0.384 e. The van der Waals surface area contributed by atoms with E-state index >= 15 is 0 Å². The molecule has 0 aliphatic carbocycles. The summed E-state index contributed by atoms with van der Waals surface area (Å²) in [6, 6.07) is 0. The molecule has 1 unspecified atom stereocenters. The monoisotopic (exact) mass is 200 g/mol. The minimum absolute atomic E-state index is 0.124. The molecule has 1 fully saturated rings. The molecule has 5 heteroatoms. The van der Waals surface area contributed by atoms with E-state index in [-0.39, 0.29) is 5.03 Å². The van der Waals surface area contributed by atoms with Crippen LogP contribution < -0.4 is 0 Å². The fourth-order valence-corrected chi connectivity index (χ4v) is 23.8. The van der Waals surface area contributed by atoms with Crippen LogP contribution in [0.4, 0.5) is 4.79 Å². The second-order valence-electron chi connectivity index (χ2n) is 3.71. The SMILES string of the molecule is C=C[Si](C)(C)[Si]1(C)C(=O)[Si]1=O. The smallest absolute Gasteiger partial charge is 0.328 e. The van der Waals surface area contributed by atoms with Crippen molar-refractivity contribution in [2.75, 3.05) is 0 Å². The average Bonchev–Trinajstić information content (AvgIpc) is 2.43. The third-order valence-electron chi connectivity index (χ3n) is 2.85. The van der Waals surface area contributed by atoms with E-state index in [9.17, 15) is 9.26 Å². The van der Waals surface area contributed by atoms with Crippen molar-refractivity contribution in [1.82, 2.24) is 0 Å². The van der Waals surface area contributed by atoms with Crippen LogP contribution >= 0.6 is 0 Å². The van der Waals surface area contributed by atoms with Gasteiger partial charge in [-0.25, -0.2) is 0 Å². The highest BCUT2D eigenvalue weighted by Gasteiger charge is 2.72. The van der Waals surface area contributed by atoms with E-state index in [0.29, 0.717) is 0 Å². The number of carbonyl (C=O) groups excluding carboxylic acids is 1. The Kier molecular flexibility index (Phi) is 1.77. The summed E-state index contributed by atoms with van der Waals surface area (Å²) >= 11 is 0. The molecule has 0 aromatic carbocycles. The Labute approximate surface area is 69.6 Å². The molecule has 0 aromatic heterocycles. The van der Waals surface area contributed by atoms with Gasteiger partial charge in [-0.1, -0.05) is 19.6 Å². The maximum Gasteiger partial charge on any atom is 0.328 e. The zero-order valence-corrected chi connectivity index (χ0v) is 10.1. The van der Waals surface area contributed by atoms with Gasteiger partial charge in [-0.05, 0) is 0 Å². The quantitative estimate of drug-likeness (QED) is 0.631. The highest BCUT2D eigenvalue weighted by Crippen LogP contribution is 2.33. The summed E-state index contributed by atoms with van der Waals surface area (Å²) in [6.07, 6.45) is 0. The van der Waals surface area contributed by atoms with Crippen molar-refractivity contribution in [2.45, 2.75) is 19.6 Å². The van der Waals surface area contributed by atoms with E-state index in [1.54, 1.807) is 0 Å². The first-order valence-electron chi connectivity index (χ1n) is 3.61. The predicted octanol–water partition coefficient (Wildman–Crippen LogP) is 1.37. The van der Waals surface area contributed by atoms with Crippen molar-refractivity contribution >= 4 is 27.9 Å². The number of carbonyl (C=O) groups is 1. The summed E-state index contributed by atoms with van der Waals surface area (Å²) in [4.78, 5) is 11.1. The van der Waals surface area contributed by atoms with E-state index < -0.39 is 22.9 Å². The van der Waals surface area contributed by atoms with Crippen LogP contribution in [0.25, 0.3) is 0 Å². The Morgan fingerprint density at radius 3 is 2.09 bits per heavy atom. The van der Waals surface area contributed by atoms with Gasteiger partial charge in [0.25, 0.3) is 0 Å². The van der Waals surface area contributed by atoms with Gasteiger partial charge in [0.1, 0.15) is 0 Å². The average molecular weight is 200 g/mol. The molecule has 0 bridgehead atoms. The van der Waals surface area contributed by atoms with Gasteiger partial charge >= 0.3 is 8.20 Å². The molecule has 0 aromatic rings. The maximum absolute atomic E-state index is 11.2. The Bertz CT molecular complexity index is 243. The van der Waals surface area contributed by atoms with Crippen LogP contribution in [0.15, 0.2) is 12.3 Å². The van der Waals surface area contributed by atoms with Gasteiger partial charge in [-0.2, -0.15) is 0 Å². The lowest BCUT2D eigenvalue weighted by molar-refractivity contribution is 0.275. The van der Waals surface area contributed by atoms with Crippen molar-refractivity contribution in [3.8, 4) is 0 Å². The Morgan fingerprint density at radius 1 is 1.64 bits per heavy atom. The van der Waals surface area contributed by atoms with Crippen LogP contribution in [0.2, 0.25) is 19.6 Å². The summed E-state index contributed by atoms with van der Waals surface area (Å²) in [7, 11) is -5.29. The largest absolute Gasteiger partial charge is 0.384 e. The van der Waals surface area contributed by atoms with E-state index in [4.69, 9.17) is 0 Å². The molecule has 2 nitrogen and oxygen atoms in total. The van der Waals surface area contributed by atoms with Gasteiger partial charge in [0, 0.05) is 0 Å². The lowest BCUT2D eigenvalue weighted by atomic mass is 11.3. The van der Waals surface area contributed by atoms with Crippen molar-refractivity contribution in [3.05, 3.63) is 12.3 Å². The van der Waals surface area contributed by atoms with Crippen LogP contribution in [-0.2, 0) is 4.46 Å². The molecule has 0 N–H and O–H groups in total.